The van der Waals surface area contributed by atoms with Crippen LogP contribution in [0.5, 0.6) is 5.75 Å². The number of rotatable bonds is 2. The van der Waals surface area contributed by atoms with Crippen LogP contribution in [0, 0.1) is 0 Å². The van der Waals surface area contributed by atoms with E-state index in [1.165, 1.54) is 12.1 Å². The zero-order chi connectivity index (χ0) is 8.27. The van der Waals surface area contributed by atoms with Gasteiger partial charge >= 0.3 is 16.5 Å². The average Bonchev–Trinajstić information content (AvgIpc) is 1.93. The van der Waals surface area contributed by atoms with Crippen LogP contribution >= 0.6 is 20.2 Å². The minimum atomic E-state index is -2.83. The summed E-state index contributed by atoms with van der Waals surface area (Å²) in [6.45, 7) is 0. The second-order valence-electron chi connectivity index (χ2n) is 1.77. The molecule has 0 saturated carbocycles. The molecule has 0 amide bonds. The Bertz CT molecular complexity index is 229. The van der Waals surface area contributed by atoms with Gasteiger partial charge in [0.15, 0.2) is 0 Å². The third-order valence-corrected chi connectivity index (χ3v) is 1.61. The zero-order valence-corrected chi connectivity index (χ0v) is 8.31. The molecular formula is C6H4ClNiO3P. The number of hydrogen-bond donors (Lipinski definition) is 0. The van der Waals surface area contributed by atoms with Crippen LogP contribution in [0.1, 0.15) is 0 Å². The van der Waals surface area contributed by atoms with Gasteiger partial charge in [0.2, 0.25) is 0 Å². The Morgan fingerprint density at radius 1 is 1.17 bits per heavy atom. The van der Waals surface area contributed by atoms with Crippen LogP contribution < -0.4 is 14.3 Å². The molecule has 0 fully saturated rings. The van der Waals surface area contributed by atoms with Gasteiger partial charge in [-0.25, -0.2) is 0 Å². The minimum Gasteiger partial charge on any atom is -0.810 e. The maximum atomic E-state index is 10.0. The van der Waals surface area contributed by atoms with E-state index in [4.69, 9.17) is 11.6 Å². The summed E-state index contributed by atoms with van der Waals surface area (Å²) >= 11 is 5.54. The Hall–Kier alpha value is 0.154. The van der Waals surface area contributed by atoms with E-state index in [0.717, 1.165) is 0 Å². The molecule has 0 N–H and O–H groups in total. The summed E-state index contributed by atoms with van der Waals surface area (Å²) in [5.41, 5.74) is 0. The molecule has 0 aliphatic heterocycles. The Balaban J connectivity index is 0.00000121. The van der Waals surface area contributed by atoms with E-state index in [1.54, 1.807) is 12.1 Å². The molecule has 1 rings (SSSR count). The second-order valence-corrected chi connectivity index (χ2v) is 2.84. The monoisotopic (exact) mass is 248 g/mol. The van der Waals surface area contributed by atoms with Gasteiger partial charge in [-0.2, -0.15) is 0 Å². The van der Waals surface area contributed by atoms with Crippen molar-refractivity contribution in [2.45, 2.75) is 0 Å². The predicted molar refractivity (Wildman–Crippen MR) is 39.0 cm³/mol. The fourth-order valence-electron chi connectivity index (χ4n) is 0.582. The van der Waals surface area contributed by atoms with Gasteiger partial charge in [0.05, 0.1) is 0 Å². The van der Waals surface area contributed by atoms with Crippen molar-refractivity contribution in [1.29, 1.82) is 0 Å². The van der Waals surface area contributed by atoms with Crippen LogP contribution in [0.4, 0.5) is 0 Å². The molecule has 0 radical (unpaired) electrons. The van der Waals surface area contributed by atoms with Gasteiger partial charge in [-0.3, -0.25) is 0 Å². The molecule has 0 aliphatic rings. The van der Waals surface area contributed by atoms with Crippen molar-refractivity contribution in [2.75, 3.05) is 0 Å². The number of halogens is 1. The molecular weight excluding hydrogens is 245 g/mol. The molecule has 3 nitrogen and oxygen atoms in total. The fraction of sp³-hybridized carbons (Fsp3) is 0. The first kappa shape index (κ1) is 12.2. The summed E-state index contributed by atoms with van der Waals surface area (Å²) in [5, 5.41) is 0.540. The topological polar surface area (TPSA) is 55.3 Å². The first-order valence-electron chi connectivity index (χ1n) is 2.76. The Morgan fingerprint density at radius 3 is 2.08 bits per heavy atom. The molecule has 0 saturated heterocycles. The maximum absolute atomic E-state index is 10.0. The van der Waals surface area contributed by atoms with Crippen molar-refractivity contribution in [3.05, 3.63) is 29.3 Å². The van der Waals surface area contributed by atoms with Crippen LogP contribution in [-0.4, -0.2) is 0 Å². The summed E-state index contributed by atoms with van der Waals surface area (Å²) in [4.78, 5) is 20.1. The van der Waals surface area contributed by atoms with Gasteiger partial charge < -0.3 is 14.3 Å². The van der Waals surface area contributed by atoms with E-state index in [-0.39, 0.29) is 22.2 Å². The van der Waals surface area contributed by atoms with Crippen LogP contribution in [0.25, 0.3) is 0 Å². The molecule has 68 valence electrons. The molecule has 0 aliphatic carbocycles. The van der Waals surface area contributed by atoms with Crippen molar-refractivity contribution in [3.63, 3.8) is 0 Å². The van der Waals surface area contributed by atoms with Gasteiger partial charge in [0.25, 0.3) is 0 Å². The molecule has 1 aromatic rings. The molecule has 0 unspecified atom stereocenters. The summed E-state index contributed by atoms with van der Waals surface area (Å²) in [6.07, 6.45) is 0. The summed E-state index contributed by atoms with van der Waals surface area (Å²) in [6, 6.07) is 6.06. The van der Waals surface area contributed by atoms with Crippen LogP contribution in [-0.2, 0) is 16.5 Å². The van der Waals surface area contributed by atoms with Gasteiger partial charge in [0, 0.05) is 5.02 Å². The Labute approximate surface area is 86.2 Å². The third-order valence-electron chi connectivity index (χ3n) is 0.994. The Morgan fingerprint density at radius 2 is 1.67 bits per heavy atom. The molecule has 12 heavy (non-hydrogen) atoms. The Kier molecular flexibility index (Phi) is 5.81. The third kappa shape index (κ3) is 4.25. The number of hydrogen-bond acceptors (Lipinski definition) is 3. The number of benzene rings is 1. The predicted octanol–water partition coefficient (Wildman–Crippen LogP) is 0.664. The van der Waals surface area contributed by atoms with Gasteiger partial charge in [-0.15, -0.1) is 0 Å². The SMILES string of the molecule is [Ni+2].[O-]P([O-])Oc1ccc(Cl)cc1. The molecule has 1 aromatic carbocycles. The van der Waals surface area contributed by atoms with Crippen molar-refractivity contribution in [2.24, 2.45) is 0 Å². The molecule has 0 atom stereocenters. The zero-order valence-electron chi connectivity index (χ0n) is 5.68. The van der Waals surface area contributed by atoms with Crippen molar-refractivity contribution >= 4 is 20.2 Å². The van der Waals surface area contributed by atoms with Crippen LogP contribution in [0.3, 0.4) is 0 Å². The first-order valence-corrected chi connectivity index (χ1v) is 4.24. The fourth-order valence-corrected chi connectivity index (χ4v) is 1.00. The quantitative estimate of drug-likeness (QED) is 0.571. The standard InChI is InChI=1S/C6H4ClO3P.Ni/c7-5-1-3-6(4-2-5)10-11(8)9;/h1-4H;/q-2;+2. The average molecular weight is 249 g/mol. The molecule has 0 spiro atoms. The van der Waals surface area contributed by atoms with E-state index in [1.807, 2.05) is 0 Å². The molecule has 6 heteroatoms. The molecule has 0 heterocycles. The van der Waals surface area contributed by atoms with Gasteiger partial charge in [-0.1, -0.05) is 20.2 Å². The largest absolute Gasteiger partial charge is 2.00 e. The van der Waals surface area contributed by atoms with Crippen molar-refractivity contribution < 1.29 is 30.8 Å². The maximum Gasteiger partial charge on any atom is 2.00 e. The molecule has 0 bridgehead atoms. The molecule has 0 aromatic heterocycles. The smallest absolute Gasteiger partial charge is 0.810 e. The van der Waals surface area contributed by atoms with Crippen molar-refractivity contribution in [3.8, 4) is 5.75 Å². The summed E-state index contributed by atoms with van der Waals surface area (Å²) < 4.78 is 4.36. The van der Waals surface area contributed by atoms with Crippen LogP contribution in [0.15, 0.2) is 24.3 Å². The van der Waals surface area contributed by atoms with Gasteiger partial charge in [-0.05, 0) is 24.3 Å². The summed E-state index contributed by atoms with van der Waals surface area (Å²) in [5.74, 6) is 0.269. The summed E-state index contributed by atoms with van der Waals surface area (Å²) in [7, 11) is -2.83. The minimum absolute atomic E-state index is 0. The van der Waals surface area contributed by atoms with Crippen molar-refractivity contribution in [1.82, 2.24) is 0 Å². The van der Waals surface area contributed by atoms with E-state index >= 15 is 0 Å². The van der Waals surface area contributed by atoms with Gasteiger partial charge in [0.1, 0.15) is 5.75 Å². The van der Waals surface area contributed by atoms with Crippen LogP contribution in [0.2, 0.25) is 5.02 Å². The van der Waals surface area contributed by atoms with E-state index in [2.05, 4.69) is 4.52 Å². The van der Waals surface area contributed by atoms with E-state index in [0.29, 0.717) is 5.02 Å². The van der Waals surface area contributed by atoms with E-state index in [9.17, 15) is 9.79 Å². The normalized spacial score (nSPS) is 9.33. The second kappa shape index (κ2) is 5.74. The first-order chi connectivity index (χ1) is 5.18. The van der Waals surface area contributed by atoms with E-state index < -0.39 is 8.60 Å².